The van der Waals surface area contributed by atoms with Crippen molar-refractivity contribution in [2.24, 2.45) is 0 Å². The van der Waals surface area contributed by atoms with Gasteiger partial charge in [0.25, 0.3) is 0 Å². The van der Waals surface area contributed by atoms with Crippen molar-refractivity contribution in [3.63, 3.8) is 0 Å². The zero-order chi connectivity index (χ0) is 18.7. The van der Waals surface area contributed by atoms with Crippen LogP contribution in [0.3, 0.4) is 0 Å². The number of nitrogens with zero attached hydrogens (tertiary/aromatic N) is 3. The van der Waals surface area contributed by atoms with E-state index < -0.39 is 0 Å². The number of hydrogen-bond acceptors (Lipinski definition) is 7. The largest absolute Gasteiger partial charge is 0.493 e. The Morgan fingerprint density at radius 3 is 2.65 bits per heavy atom. The predicted molar refractivity (Wildman–Crippen MR) is 95.6 cm³/mol. The molecule has 0 saturated heterocycles. The smallest absolute Gasteiger partial charge is 0.320 e. The summed E-state index contributed by atoms with van der Waals surface area (Å²) in [7, 11) is 3.22. The van der Waals surface area contributed by atoms with E-state index in [0.717, 1.165) is 29.8 Å². The van der Waals surface area contributed by atoms with Gasteiger partial charge in [0.15, 0.2) is 11.5 Å². The van der Waals surface area contributed by atoms with E-state index in [4.69, 9.17) is 14.2 Å². The molecule has 0 amide bonds. The van der Waals surface area contributed by atoms with Gasteiger partial charge in [-0.25, -0.2) is 0 Å². The van der Waals surface area contributed by atoms with E-state index in [-0.39, 0.29) is 12.5 Å². The molecule has 0 unspecified atom stereocenters. The molecule has 2 aliphatic heterocycles. The molecule has 1 aromatic carbocycles. The van der Waals surface area contributed by atoms with Crippen LogP contribution in [0.4, 0.5) is 0 Å². The van der Waals surface area contributed by atoms with Crippen LogP contribution in [0, 0.1) is 11.3 Å². The SMILES string of the molecule is CCOC(=O)CN1CC(C#N)=C2c3cc(OC)c(OC)cc3CCN2C1. The normalized spacial score (nSPS) is 16.5. The van der Waals surface area contributed by atoms with Gasteiger partial charge in [0.2, 0.25) is 0 Å². The van der Waals surface area contributed by atoms with Gasteiger partial charge >= 0.3 is 5.97 Å². The van der Waals surface area contributed by atoms with E-state index in [1.165, 1.54) is 0 Å². The fraction of sp³-hybridized carbons (Fsp3) is 0.474. The Morgan fingerprint density at radius 1 is 1.27 bits per heavy atom. The van der Waals surface area contributed by atoms with Gasteiger partial charge in [-0.2, -0.15) is 5.26 Å². The van der Waals surface area contributed by atoms with Crippen molar-refractivity contribution in [3.05, 3.63) is 28.8 Å². The van der Waals surface area contributed by atoms with E-state index in [9.17, 15) is 10.1 Å². The maximum Gasteiger partial charge on any atom is 0.320 e. The van der Waals surface area contributed by atoms with Crippen LogP contribution in [-0.2, 0) is 16.0 Å². The van der Waals surface area contributed by atoms with Crippen molar-refractivity contribution in [2.45, 2.75) is 13.3 Å². The molecule has 0 aliphatic carbocycles. The van der Waals surface area contributed by atoms with Crippen LogP contribution in [0.1, 0.15) is 18.1 Å². The molecule has 3 rings (SSSR count). The van der Waals surface area contributed by atoms with Crippen LogP contribution in [0.25, 0.3) is 5.70 Å². The number of nitriles is 1. The molecule has 0 N–H and O–H groups in total. The first kappa shape index (κ1) is 18.1. The molecule has 0 fully saturated rings. The van der Waals surface area contributed by atoms with Crippen LogP contribution in [-0.4, -0.2) is 62.9 Å². The fourth-order valence-electron chi connectivity index (χ4n) is 3.55. The highest BCUT2D eigenvalue weighted by atomic mass is 16.5. The van der Waals surface area contributed by atoms with Gasteiger partial charge in [0, 0.05) is 18.7 Å². The molecule has 0 spiro atoms. The van der Waals surface area contributed by atoms with Crippen molar-refractivity contribution in [2.75, 3.05) is 47.1 Å². The highest BCUT2D eigenvalue weighted by Crippen LogP contribution is 2.40. The van der Waals surface area contributed by atoms with Crippen LogP contribution in [0.5, 0.6) is 11.5 Å². The number of fused-ring (bicyclic) bond motifs is 3. The second-order valence-electron chi connectivity index (χ2n) is 6.25. The molecular formula is C19H23N3O4. The van der Waals surface area contributed by atoms with Crippen LogP contribution in [0.2, 0.25) is 0 Å². The summed E-state index contributed by atoms with van der Waals surface area (Å²) in [6, 6.07) is 6.24. The summed E-state index contributed by atoms with van der Waals surface area (Å²) in [5.41, 5.74) is 3.71. The third kappa shape index (κ3) is 3.33. The first-order valence-electron chi connectivity index (χ1n) is 8.62. The van der Waals surface area contributed by atoms with Gasteiger partial charge in [0.05, 0.1) is 51.4 Å². The maximum atomic E-state index is 11.8. The molecular weight excluding hydrogens is 334 g/mol. The first-order chi connectivity index (χ1) is 12.6. The Hall–Kier alpha value is -2.72. The minimum Gasteiger partial charge on any atom is -0.493 e. The lowest BCUT2D eigenvalue weighted by molar-refractivity contribution is -0.144. The van der Waals surface area contributed by atoms with Gasteiger partial charge < -0.3 is 19.1 Å². The monoisotopic (exact) mass is 357 g/mol. The summed E-state index contributed by atoms with van der Waals surface area (Å²) in [4.78, 5) is 15.9. The third-order valence-electron chi connectivity index (χ3n) is 4.66. The van der Waals surface area contributed by atoms with E-state index in [0.29, 0.717) is 36.9 Å². The van der Waals surface area contributed by atoms with Gasteiger partial charge in [0.1, 0.15) is 0 Å². The summed E-state index contributed by atoms with van der Waals surface area (Å²) < 4.78 is 15.9. The highest BCUT2D eigenvalue weighted by molar-refractivity contribution is 5.77. The Balaban J connectivity index is 1.96. The zero-order valence-electron chi connectivity index (χ0n) is 15.4. The van der Waals surface area contributed by atoms with E-state index >= 15 is 0 Å². The number of carbonyl (C=O) groups is 1. The average Bonchev–Trinajstić information content (AvgIpc) is 2.65. The molecule has 2 aliphatic rings. The lowest BCUT2D eigenvalue weighted by Crippen LogP contribution is -2.47. The van der Waals surface area contributed by atoms with Crippen molar-refractivity contribution >= 4 is 11.7 Å². The Morgan fingerprint density at radius 2 is 2.00 bits per heavy atom. The molecule has 0 aromatic heterocycles. The van der Waals surface area contributed by atoms with Gasteiger partial charge in [-0.1, -0.05) is 0 Å². The summed E-state index contributed by atoms with van der Waals surface area (Å²) >= 11 is 0. The molecule has 2 heterocycles. The number of carbonyl (C=O) groups excluding carboxylic acids is 1. The number of methoxy groups -OCH3 is 2. The summed E-state index contributed by atoms with van der Waals surface area (Å²) in [5, 5.41) is 9.70. The van der Waals surface area contributed by atoms with Crippen LogP contribution in [0.15, 0.2) is 17.7 Å². The molecule has 7 heteroatoms. The second-order valence-corrected chi connectivity index (χ2v) is 6.25. The van der Waals surface area contributed by atoms with Gasteiger partial charge in [-0.05, 0) is 31.0 Å². The molecule has 26 heavy (non-hydrogen) atoms. The molecule has 0 bridgehead atoms. The summed E-state index contributed by atoms with van der Waals surface area (Å²) in [5.74, 6) is 1.07. The Kier molecular flexibility index (Phi) is 5.33. The van der Waals surface area contributed by atoms with E-state index in [1.54, 1.807) is 21.1 Å². The number of esters is 1. The second kappa shape index (κ2) is 7.67. The molecule has 7 nitrogen and oxygen atoms in total. The number of hydrogen-bond donors (Lipinski definition) is 0. The number of benzene rings is 1. The highest BCUT2D eigenvalue weighted by Gasteiger charge is 2.32. The fourth-order valence-corrected chi connectivity index (χ4v) is 3.55. The average molecular weight is 357 g/mol. The summed E-state index contributed by atoms with van der Waals surface area (Å²) in [6.45, 7) is 4.12. The molecule has 138 valence electrons. The minimum atomic E-state index is -0.267. The van der Waals surface area contributed by atoms with E-state index in [1.807, 2.05) is 17.0 Å². The Bertz CT molecular complexity index is 782. The van der Waals surface area contributed by atoms with Gasteiger partial charge in [-0.15, -0.1) is 0 Å². The van der Waals surface area contributed by atoms with Crippen molar-refractivity contribution in [1.82, 2.24) is 9.80 Å². The van der Waals surface area contributed by atoms with Crippen LogP contribution < -0.4 is 9.47 Å². The van der Waals surface area contributed by atoms with Crippen LogP contribution >= 0.6 is 0 Å². The molecule has 1 aromatic rings. The van der Waals surface area contributed by atoms with E-state index in [2.05, 4.69) is 11.0 Å². The maximum absolute atomic E-state index is 11.8. The minimum absolute atomic E-state index is 0.182. The molecule has 0 atom stereocenters. The molecule has 0 saturated carbocycles. The summed E-state index contributed by atoms with van der Waals surface area (Å²) in [6.07, 6.45) is 0.838. The Labute approximate surface area is 153 Å². The topological polar surface area (TPSA) is 75.0 Å². The van der Waals surface area contributed by atoms with Gasteiger partial charge in [-0.3, -0.25) is 9.69 Å². The molecule has 0 radical (unpaired) electrons. The van der Waals surface area contributed by atoms with Crippen molar-refractivity contribution < 1.29 is 19.0 Å². The number of rotatable bonds is 5. The quantitative estimate of drug-likeness (QED) is 0.742. The standard InChI is InChI=1S/C19H23N3O4/c1-4-26-18(23)11-21-10-14(9-20)19-15-8-17(25-3)16(24-2)7-13(15)5-6-22(19)12-21/h7-8H,4-6,10-12H2,1-3H3. The zero-order valence-corrected chi connectivity index (χ0v) is 15.4. The first-order valence-corrected chi connectivity index (χ1v) is 8.62. The lowest BCUT2D eigenvalue weighted by atomic mass is 9.92. The van der Waals surface area contributed by atoms with Crippen molar-refractivity contribution in [3.8, 4) is 17.6 Å². The lowest BCUT2D eigenvalue weighted by Gasteiger charge is -2.41. The van der Waals surface area contributed by atoms with Crippen molar-refractivity contribution in [1.29, 1.82) is 5.26 Å². The number of ether oxygens (including phenoxy) is 3. The third-order valence-corrected chi connectivity index (χ3v) is 4.66. The predicted octanol–water partition coefficient (Wildman–Crippen LogP) is 1.63.